The van der Waals surface area contributed by atoms with Crippen LogP contribution in [0.4, 0.5) is 5.95 Å². The Balaban J connectivity index is 1.63. The van der Waals surface area contributed by atoms with Gasteiger partial charge in [-0.05, 0) is 58.2 Å². The first-order valence-electron chi connectivity index (χ1n) is 11.1. The molecule has 0 spiro atoms. The molecule has 0 saturated heterocycles. The molecule has 0 radical (unpaired) electrons. The molecule has 12 nitrogen and oxygen atoms in total. The Labute approximate surface area is 218 Å². The van der Waals surface area contributed by atoms with Crippen molar-refractivity contribution in [3.8, 4) is 17.2 Å². The number of aromatic hydroxyl groups is 1. The van der Waals surface area contributed by atoms with Crippen LogP contribution in [0.5, 0.6) is 17.2 Å². The van der Waals surface area contributed by atoms with Crippen LogP contribution in [0.15, 0.2) is 55.6 Å². The highest BCUT2D eigenvalue weighted by atomic mass is 79.9. The maximum Gasteiger partial charge on any atom is 0.329 e. The number of aryl methyl sites for hydroxylation is 2. The van der Waals surface area contributed by atoms with Crippen molar-refractivity contribution in [2.75, 3.05) is 19.1 Å². The predicted molar refractivity (Wildman–Crippen MR) is 142 cm³/mol. The van der Waals surface area contributed by atoms with E-state index in [1.807, 2.05) is 25.1 Å². The van der Waals surface area contributed by atoms with E-state index in [1.165, 1.54) is 29.5 Å². The SMILES string of the molecule is COc1cc(C=NNc2nc3c(c(=O)[nH]c(=O)n3C)n2CC(O)COc2cccc(C)c2)cc(Br)c1O. The first-order chi connectivity index (χ1) is 17.7. The molecule has 0 aliphatic rings. The molecule has 4 N–H and O–H groups in total. The third kappa shape index (κ3) is 5.67. The van der Waals surface area contributed by atoms with Gasteiger partial charge in [0.05, 0.1) is 24.3 Å². The smallest absolute Gasteiger partial charge is 0.329 e. The van der Waals surface area contributed by atoms with Gasteiger partial charge in [-0.1, -0.05) is 12.1 Å². The van der Waals surface area contributed by atoms with Crippen LogP contribution in [0.3, 0.4) is 0 Å². The quantitative estimate of drug-likeness (QED) is 0.175. The number of halogens is 1. The zero-order chi connectivity index (χ0) is 26.7. The lowest BCUT2D eigenvalue weighted by atomic mass is 10.2. The summed E-state index contributed by atoms with van der Waals surface area (Å²) >= 11 is 3.26. The summed E-state index contributed by atoms with van der Waals surface area (Å²) < 4.78 is 13.9. The molecule has 13 heteroatoms. The Kier molecular flexibility index (Phi) is 7.64. The molecule has 1 atom stereocenters. The molecule has 0 saturated carbocycles. The molecule has 0 amide bonds. The van der Waals surface area contributed by atoms with E-state index in [0.717, 1.165) is 5.56 Å². The predicted octanol–water partition coefficient (Wildman–Crippen LogP) is 2.09. The monoisotopic (exact) mass is 572 g/mol. The number of nitrogens with one attached hydrogen (secondary N) is 2. The van der Waals surface area contributed by atoms with Crippen molar-refractivity contribution in [3.05, 3.63) is 72.8 Å². The first-order valence-corrected chi connectivity index (χ1v) is 11.9. The summed E-state index contributed by atoms with van der Waals surface area (Å²) in [6, 6.07) is 10.6. The average Bonchev–Trinajstić information content (AvgIpc) is 3.22. The van der Waals surface area contributed by atoms with Gasteiger partial charge in [-0.2, -0.15) is 10.1 Å². The second kappa shape index (κ2) is 10.9. The Morgan fingerprint density at radius 2 is 2.08 bits per heavy atom. The van der Waals surface area contributed by atoms with Crippen LogP contribution >= 0.6 is 15.9 Å². The summed E-state index contributed by atoms with van der Waals surface area (Å²) in [5, 5.41) is 24.9. The summed E-state index contributed by atoms with van der Waals surface area (Å²) in [6.45, 7) is 1.82. The van der Waals surface area contributed by atoms with Crippen molar-refractivity contribution in [3.63, 3.8) is 0 Å². The lowest BCUT2D eigenvalue weighted by Gasteiger charge is -2.15. The molecule has 37 heavy (non-hydrogen) atoms. The van der Waals surface area contributed by atoms with E-state index in [9.17, 15) is 19.8 Å². The molecule has 194 valence electrons. The second-order valence-corrected chi connectivity index (χ2v) is 9.10. The van der Waals surface area contributed by atoms with Gasteiger partial charge in [0.25, 0.3) is 5.56 Å². The molecule has 0 aliphatic heterocycles. The van der Waals surface area contributed by atoms with E-state index in [-0.39, 0.29) is 41.8 Å². The summed E-state index contributed by atoms with van der Waals surface area (Å²) in [5.74, 6) is 0.934. The molecule has 0 fully saturated rings. The van der Waals surface area contributed by atoms with Gasteiger partial charge in [0, 0.05) is 7.05 Å². The Hall–Kier alpha value is -4.10. The number of anilines is 1. The summed E-state index contributed by atoms with van der Waals surface area (Å²) in [7, 11) is 2.90. The zero-order valence-corrected chi connectivity index (χ0v) is 21.8. The van der Waals surface area contributed by atoms with Crippen molar-refractivity contribution in [1.82, 2.24) is 19.1 Å². The molecule has 2 aromatic heterocycles. The number of ether oxygens (including phenoxy) is 2. The third-order valence-corrected chi connectivity index (χ3v) is 6.09. The van der Waals surface area contributed by atoms with E-state index in [2.05, 4.69) is 36.4 Å². The van der Waals surface area contributed by atoms with Gasteiger partial charge in [-0.25, -0.2) is 10.2 Å². The van der Waals surface area contributed by atoms with Gasteiger partial charge < -0.3 is 24.3 Å². The number of benzene rings is 2. The number of aliphatic hydroxyl groups is 1. The first kappa shape index (κ1) is 26.0. The Morgan fingerprint density at radius 1 is 1.30 bits per heavy atom. The zero-order valence-electron chi connectivity index (χ0n) is 20.2. The Morgan fingerprint density at radius 3 is 2.81 bits per heavy atom. The maximum atomic E-state index is 12.7. The lowest BCUT2D eigenvalue weighted by molar-refractivity contribution is 0.0938. The van der Waals surface area contributed by atoms with Crippen LogP contribution < -0.4 is 26.1 Å². The van der Waals surface area contributed by atoms with E-state index in [1.54, 1.807) is 18.2 Å². The fourth-order valence-corrected chi connectivity index (χ4v) is 4.11. The highest BCUT2D eigenvalue weighted by Gasteiger charge is 2.20. The number of H-pyrrole nitrogens is 1. The summed E-state index contributed by atoms with van der Waals surface area (Å²) in [6.07, 6.45) is 0.438. The number of imidazole rings is 1. The maximum absolute atomic E-state index is 12.7. The minimum absolute atomic E-state index is 0.0448. The van der Waals surface area contributed by atoms with Gasteiger partial charge in [0.2, 0.25) is 5.95 Å². The average molecular weight is 573 g/mol. The van der Waals surface area contributed by atoms with Crippen molar-refractivity contribution in [2.24, 2.45) is 12.1 Å². The molecule has 2 heterocycles. The molecule has 0 aliphatic carbocycles. The van der Waals surface area contributed by atoms with Gasteiger partial charge in [-0.3, -0.25) is 14.3 Å². The molecular weight excluding hydrogens is 548 g/mol. The lowest BCUT2D eigenvalue weighted by Crippen LogP contribution is -2.30. The minimum atomic E-state index is -1.02. The van der Waals surface area contributed by atoms with Crippen molar-refractivity contribution in [2.45, 2.75) is 19.6 Å². The van der Waals surface area contributed by atoms with Gasteiger partial charge in [0.1, 0.15) is 18.5 Å². The highest BCUT2D eigenvalue weighted by Crippen LogP contribution is 2.34. The number of phenolic OH excluding ortho intramolecular Hbond substituents is 1. The fraction of sp³-hybridized carbons (Fsp3) is 0.250. The van der Waals surface area contributed by atoms with Gasteiger partial charge >= 0.3 is 5.69 Å². The normalized spacial score (nSPS) is 12.2. The van der Waals surface area contributed by atoms with Crippen LogP contribution in [-0.2, 0) is 13.6 Å². The van der Waals surface area contributed by atoms with Crippen molar-refractivity contribution in [1.29, 1.82) is 0 Å². The van der Waals surface area contributed by atoms with E-state index >= 15 is 0 Å². The number of hydrogen-bond donors (Lipinski definition) is 4. The van der Waals surface area contributed by atoms with Crippen LogP contribution in [0.2, 0.25) is 0 Å². The molecule has 4 rings (SSSR count). The van der Waals surface area contributed by atoms with Crippen LogP contribution in [-0.4, -0.2) is 55.4 Å². The van der Waals surface area contributed by atoms with E-state index < -0.39 is 17.4 Å². The number of methoxy groups -OCH3 is 1. The fourth-order valence-electron chi connectivity index (χ4n) is 3.65. The summed E-state index contributed by atoms with van der Waals surface area (Å²) in [4.78, 5) is 31.4. The standard InChI is InChI=1S/C24H25BrN6O6/c1-13-5-4-6-16(7-13)37-12-15(32)11-31-19-21(30(2)24(35)28-22(19)34)27-23(31)29-26-10-14-8-17(25)20(33)18(9-14)36-3/h4-10,15,32-33H,11-12H2,1-3H3,(H,27,29)(H,28,34,35). The second-order valence-electron chi connectivity index (χ2n) is 8.24. The number of rotatable bonds is 9. The largest absolute Gasteiger partial charge is 0.503 e. The van der Waals surface area contributed by atoms with Crippen molar-refractivity contribution < 1.29 is 19.7 Å². The van der Waals surface area contributed by atoms with Crippen molar-refractivity contribution >= 4 is 39.3 Å². The molecule has 4 aromatic rings. The Bertz CT molecular complexity index is 1590. The van der Waals surface area contributed by atoms with Gasteiger partial charge in [0.15, 0.2) is 22.7 Å². The molecule has 2 aromatic carbocycles. The van der Waals surface area contributed by atoms with Crippen LogP contribution in [0.25, 0.3) is 11.2 Å². The van der Waals surface area contributed by atoms with E-state index in [0.29, 0.717) is 15.8 Å². The molecule has 0 bridgehead atoms. The number of nitrogens with zero attached hydrogens (tertiary/aromatic N) is 4. The minimum Gasteiger partial charge on any atom is -0.503 e. The number of phenols is 1. The topological polar surface area (TPSA) is 156 Å². The number of aromatic amines is 1. The number of aromatic nitrogens is 4. The third-order valence-electron chi connectivity index (χ3n) is 5.48. The molecular formula is C24H25BrN6O6. The molecule has 1 unspecified atom stereocenters. The number of fused-ring (bicyclic) bond motifs is 1. The summed E-state index contributed by atoms with van der Waals surface area (Å²) in [5.41, 5.74) is 3.30. The van der Waals surface area contributed by atoms with Gasteiger partial charge in [-0.15, -0.1) is 0 Å². The van der Waals surface area contributed by atoms with Crippen LogP contribution in [0, 0.1) is 6.92 Å². The number of aliphatic hydroxyl groups excluding tert-OH is 1. The highest BCUT2D eigenvalue weighted by molar-refractivity contribution is 9.10. The number of hydrazone groups is 1. The van der Waals surface area contributed by atoms with Crippen LogP contribution in [0.1, 0.15) is 11.1 Å². The van der Waals surface area contributed by atoms with E-state index in [4.69, 9.17) is 9.47 Å². The number of hydrogen-bond acceptors (Lipinski definition) is 9.